The summed E-state index contributed by atoms with van der Waals surface area (Å²) >= 11 is 4.12. The number of carboxylic acids is 1. The summed E-state index contributed by atoms with van der Waals surface area (Å²) in [4.78, 5) is 8.89. The molecule has 1 heterocycles. The number of nitrogens with zero attached hydrogens (tertiary/aromatic N) is 2. The van der Waals surface area contributed by atoms with E-state index < -0.39 is 5.97 Å². The summed E-state index contributed by atoms with van der Waals surface area (Å²) in [6.07, 6.45) is 8.41. The average molecular weight is 216 g/mol. The van der Waals surface area contributed by atoms with Crippen LogP contribution in [0.3, 0.4) is 0 Å². The molecule has 0 amide bonds. The van der Waals surface area contributed by atoms with Crippen molar-refractivity contribution in [2.45, 2.75) is 33.2 Å². The maximum atomic E-state index is 8.89. The molecule has 1 rings (SSSR count). The Morgan fingerprint density at radius 2 is 2.21 bits per heavy atom. The Morgan fingerprint density at radius 1 is 1.64 bits per heavy atom. The second kappa shape index (κ2) is 7.44. The Bertz CT molecular complexity index is 270. The molecule has 4 nitrogen and oxygen atoms in total. The Morgan fingerprint density at radius 3 is 2.57 bits per heavy atom. The van der Waals surface area contributed by atoms with Crippen molar-refractivity contribution in [1.82, 2.24) is 3.97 Å². The molecule has 0 unspecified atom stereocenters. The molecule has 1 aromatic heterocycles. The molecular formula is C9H16N2O2S. The lowest BCUT2D eigenvalue weighted by atomic mass is 10.3. The second-order valence-electron chi connectivity index (χ2n) is 2.88. The molecule has 0 N–H and O–H groups in total. The van der Waals surface area contributed by atoms with Crippen molar-refractivity contribution in [1.29, 1.82) is 0 Å². The smallest absolute Gasteiger partial charge is 0.255 e. The molecule has 14 heavy (non-hydrogen) atoms. The molecule has 0 saturated heterocycles. The van der Waals surface area contributed by atoms with Gasteiger partial charge >= 0.3 is 0 Å². The Kier molecular flexibility index (Phi) is 6.92. The molecule has 80 valence electrons. The van der Waals surface area contributed by atoms with Gasteiger partial charge in [-0.15, -0.1) is 0 Å². The van der Waals surface area contributed by atoms with Crippen LogP contribution in [0.1, 0.15) is 26.7 Å². The van der Waals surface area contributed by atoms with E-state index in [-0.39, 0.29) is 0 Å². The number of hydrogen-bond donors (Lipinski definition) is 1. The lowest BCUT2D eigenvalue weighted by molar-refractivity contribution is -0.696. The van der Waals surface area contributed by atoms with Crippen molar-refractivity contribution in [3.05, 3.63) is 18.7 Å². The molecule has 0 spiro atoms. The third-order valence-corrected chi connectivity index (χ3v) is 1.68. The van der Waals surface area contributed by atoms with Gasteiger partial charge in [-0.05, 0) is 13.3 Å². The molecule has 0 aliphatic heterocycles. The van der Waals surface area contributed by atoms with Gasteiger partial charge in [0.15, 0.2) is 0 Å². The van der Waals surface area contributed by atoms with E-state index in [4.69, 9.17) is 9.90 Å². The largest absolute Gasteiger partial charge is 0.550 e. The maximum Gasteiger partial charge on any atom is 0.255 e. The van der Waals surface area contributed by atoms with Crippen LogP contribution in [-0.4, -0.2) is 9.94 Å². The standard InChI is InChI=1S/C7H13N2S.C2H4O2/c1-2-3-4-8-5-6-9(10)7-8;1-2(3)4/h5-7,10H,2-4H2,1H3;1H3,(H,3,4)/q+1;/p-1. The lowest BCUT2D eigenvalue weighted by Gasteiger charge is -1.90. The number of rotatable bonds is 3. The summed E-state index contributed by atoms with van der Waals surface area (Å²) in [6, 6.07) is 0. The highest BCUT2D eigenvalue weighted by Crippen LogP contribution is 1.88. The number of hydrogen-bond acceptors (Lipinski definition) is 3. The van der Waals surface area contributed by atoms with Crippen molar-refractivity contribution in [3.63, 3.8) is 0 Å². The van der Waals surface area contributed by atoms with E-state index in [1.165, 1.54) is 12.8 Å². The first kappa shape index (κ1) is 13.0. The first-order valence-electron chi connectivity index (χ1n) is 4.50. The van der Waals surface area contributed by atoms with Crippen LogP contribution >= 0.6 is 12.8 Å². The van der Waals surface area contributed by atoms with Gasteiger partial charge in [0.2, 0.25) is 0 Å². The van der Waals surface area contributed by atoms with E-state index in [1.54, 1.807) is 3.97 Å². The van der Waals surface area contributed by atoms with Gasteiger partial charge in [-0.1, -0.05) is 13.3 Å². The van der Waals surface area contributed by atoms with E-state index in [0.717, 1.165) is 13.5 Å². The van der Waals surface area contributed by atoms with Crippen LogP contribution < -0.4 is 9.67 Å². The van der Waals surface area contributed by atoms with Crippen LogP contribution in [0.15, 0.2) is 18.7 Å². The molecule has 1 aromatic rings. The Balaban J connectivity index is 0.000000364. The number of carboxylic acid groups (broad SMARTS) is 1. The number of carbonyl (C=O) groups is 1. The van der Waals surface area contributed by atoms with Crippen molar-refractivity contribution < 1.29 is 14.5 Å². The Hall–Kier alpha value is -0.970. The van der Waals surface area contributed by atoms with Crippen LogP contribution in [0.5, 0.6) is 0 Å². The molecular weight excluding hydrogens is 200 g/mol. The zero-order valence-electron chi connectivity index (χ0n) is 8.51. The minimum atomic E-state index is -1.08. The fraction of sp³-hybridized carbons (Fsp3) is 0.556. The molecule has 0 aliphatic carbocycles. The predicted octanol–water partition coefficient (Wildman–Crippen LogP) is 0.0248. The van der Waals surface area contributed by atoms with Crippen LogP contribution in [-0.2, 0) is 11.3 Å². The number of carbonyl (C=O) groups excluding carboxylic acids is 1. The fourth-order valence-corrected chi connectivity index (χ4v) is 1.05. The number of imidazole rings is 1. The van der Waals surface area contributed by atoms with E-state index in [1.807, 2.05) is 18.7 Å². The van der Waals surface area contributed by atoms with Crippen molar-refractivity contribution in [2.75, 3.05) is 0 Å². The van der Waals surface area contributed by atoms with Crippen LogP contribution in [0.4, 0.5) is 0 Å². The molecule has 0 aliphatic rings. The Labute approximate surface area is 89.7 Å². The van der Waals surface area contributed by atoms with Gasteiger partial charge in [-0.2, -0.15) is 3.97 Å². The van der Waals surface area contributed by atoms with E-state index in [0.29, 0.717) is 0 Å². The maximum absolute atomic E-state index is 8.89. The number of aliphatic carboxylic acids is 1. The lowest BCUT2D eigenvalue weighted by Crippen LogP contribution is -2.30. The zero-order chi connectivity index (χ0) is 11.0. The van der Waals surface area contributed by atoms with Gasteiger partial charge in [0.1, 0.15) is 12.4 Å². The first-order chi connectivity index (χ1) is 6.56. The number of unbranched alkanes of at least 4 members (excludes halogenated alkanes) is 1. The molecule has 0 fully saturated rings. The van der Waals surface area contributed by atoms with Gasteiger partial charge in [-0.3, -0.25) is 0 Å². The topological polar surface area (TPSA) is 48.9 Å². The highest BCUT2D eigenvalue weighted by Gasteiger charge is 1.97. The van der Waals surface area contributed by atoms with Crippen molar-refractivity contribution in [2.24, 2.45) is 0 Å². The highest BCUT2D eigenvalue weighted by molar-refractivity contribution is 7.78. The molecule has 0 saturated carbocycles. The zero-order valence-corrected chi connectivity index (χ0v) is 9.41. The molecule has 0 atom stereocenters. The van der Waals surface area contributed by atoms with Gasteiger partial charge in [0.05, 0.1) is 6.54 Å². The summed E-state index contributed by atoms with van der Waals surface area (Å²) in [5.74, 6) is -1.08. The monoisotopic (exact) mass is 216 g/mol. The number of aryl methyl sites for hydroxylation is 1. The first-order valence-corrected chi connectivity index (χ1v) is 4.90. The van der Waals surface area contributed by atoms with Crippen molar-refractivity contribution in [3.8, 4) is 0 Å². The summed E-state index contributed by atoms with van der Waals surface area (Å²) < 4.78 is 3.89. The van der Waals surface area contributed by atoms with Gasteiger partial charge in [-0.25, -0.2) is 4.57 Å². The average Bonchev–Trinajstić information content (AvgIpc) is 2.47. The minimum absolute atomic E-state index is 0.972. The summed E-state index contributed by atoms with van der Waals surface area (Å²) in [5.41, 5.74) is 0. The van der Waals surface area contributed by atoms with Gasteiger partial charge in [0, 0.05) is 18.8 Å². The van der Waals surface area contributed by atoms with E-state index in [2.05, 4.69) is 24.3 Å². The highest BCUT2D eigenvalue weighted by atomic mass is 32.1. The predicted molar refractivity (Wildman–Crippen MR) is 54.6 cm³/mol. The van der Waals surface area contributed by atoms with Gasteiger partial charge < -0.3 is 9.90 Å². The molecule has 0 aromatic carbocycles. The SMILES string of the molecule is CC(=O)[O-].CCCC[n+]1ccn(S)c1. The van der Waals surface area contributed by atoms with Gasteiger partial charge in [0.25, 0.3) is 6.33 Å². The van der Waals surface area contributed by atoms with Crippen molar-refractivity contribution >= 4 is 18.8 Å². The molecule has 5 heteroatoms. The fourth-order valence-electron chi connectivity index (χ4n) is 0.856. The summed E-state index contributed by atoms with van der Waals surface area (Å²) in [5, 5.41) is 8.89. The van der Waals surface area contributed by atoms with E-state index in [9.17, 15) is 0 Å². The van der Waals surface area contributed by atoms with Crippen LogP contribution in [0.2, 0.25) is 0 Å². The van der Waals surface area contributed by atoms with Crippen LogP contribution in [0.25, 0.3) is 0 Å². The number of aromatic nitrogens is 2. The third-order valence-electron chi connectivity index (χ3n) is 1.45. The normalized spacial score (nSPS) is 9.07. The second-order valence-corrected chi connectivity index (χ2v) is 3.34. The summed E-state index contributed by atoms with van der Waals surface area (Å²) in [6.45, 7) is 4.27. The molecule has 0 radical (unpaired) electrons. The van der Waals surface area contributed by atoms with E-state index >= 15 is 0 Å². The van der Waals surface area contributed by atoms with Crippen LogP contribution in [0, 0.1) is 0 Å². The quantitative estimate of drug-likeness (QED) is 0.572. The number of thiol groups is 1. The summed E-state index contributed by atoms with van der Waals surface area (Å²) in [7, 11) is 0. The minimum Gasteiger partial charge on any atom is -0.550 e. The third kappa shape index (κ3) is 7.67. The molecule has 0 bridgehead atoms.